The molecule has 2 amide bonds. The zero-order valence-corrected chi connectivity index (χ0v) is 11.4. The van der Waals surface area contributed by atoms with Gasteiger partial charge in [0.25, 0.3) is 11.8 Å². The second kappa shape index (κ2) is 5.28. The van der Waals surface area contributed by atoms with Gasteiger partial charge in [-0.3, -0.25) is 9.59 Å². The maximum atomic E-state index is 12.1. The lowest BCUT2D eigenvalue weighted by Crippen LogP contribution is -2.34. The number of ether oxygens (including phenoxy) is 1. The van der Waals surface area contributed by atoms with Crippen LogP contribution in [0.25, 0.3) is 0 Å². The molecule has 5 nitrogen and oxygen atoms in total. The van der Waals surface area contributed by atoms with Crippen LogP contribution in [0.3, 0.4) is 0 Å². The highest BCUT2D eigenvalue weighted by Crippen LogP contribution is 2.32. The third-order valence-electron chi connectivity index (χ3n) is 3.20. The lowest BCUT2D eigenvalue weighted by molar-refractivity contribution is -0.122. The van der Waals surface area contributed by atoms with E-state index >= 15 is 0 Å². The van der Waals surface area contributed by atoms with Gasteiger partial charge >= 0.3 is 0 Å². The molecule has 0 aromatic heterocycles. The molecule has 2 aromatic carbocycles. The van der Waals surface area contributed by atoms with Gasteiger partial charge in [0.2, 0.25) is 0 Å². The van der Waals surface area contributed by atoms with Gasteiger partial charge in [-0.15, -0.1) is 0 Å². The number of nitrogens with one attached hydrogen (secondary N) is 2. The molecule has 2 aromatic rings. The highest BCUT2D eigenvalue weighted by atomic mass is 16.5. The van der Waals surface area contributed by atoms with Gasteiger partial charge in [-0.25, -0.2) is 0 Å². The Labute approximate surface area is 121 Å². The Morgan fingerprint density at radius 2 is 1.95 bits per heavy atom. The average molecular weight is 282 g/mol. The van der Waals surface area contributed by atoms with Crippen LogP contribution in [0.1, 0.15) is 17.3 Å². The number of hydrogen-bond donors (Lipinski definition) is 2. The number of hydrogen-bond acceptors (Lipinski definition) is 3. The van der Waals surface area contributed by atoms with Crippen LogP contribution in [0.15, 0.2) is 48.5 Å². The van der Waals surface area contributed by atoms with Crippen molar-refractivity contribution in [3.63, 3.8) is 0 Å². The van der Waals surface area contributed by atoms with Crippen molar-refractivity contribution in [1.29, 1.82) is 0 Å². The molecule has 5 heteroatoms. The molecule has 0 fully saturated rings. The molecule has 1 aliphatic heterocycles. The van der Waals surface area contributed by atoms with E-state index in [4.69, 9.17) is 4.74 Å². The van der Waals surface area contributed by atoms with Crippen LogP contribution < -0.4 is 15.4 Å². The number of rotatable bonds is 2. The summed E-state index contributed by atoms with van der Waals surface area (Å²) in [5.74, 6) is 0.195. The van der Waals surface area contributed by atoms with Crippen LogP contribution in [0.2, 0.25) is 0 Å². The molecule has 1 aliphatic rings. The summed E-state index contributed by atoms with van der Waals surface area (Å²) in [6.45, 7) is 1.68. The molecule has 0 saturated carbocycles. The summed E-state index contributed by atoms with van der Waals surface area (Å²) in [6.07, 6.45) is -0.512. The van der Waals surface area contributed by atoms with Crippen LogP contribution in [-0.2, 0) is 4.79 Å². The van der Waals surface area contributed by atoms with E-state index in [1.807, 2.05) is 6.07 Å². The molecule has 3 rings (SSSR count). The Kier molecular flexibility index (Phi) is 3.31. The first-order valence-electron chi connectivity index (χ1n) is 6.61. The SMILES string of the molecule is C[C@H]1Oc2ccc(NC(=O)c3ccccc3)cc2NC1=O. The molecule has 0 aliphatic carbocycles. The molecule has 2 N–H and O–H groups in total. The van der Waals surface area contributed by atoms with Crippen LogP contribution in [0.4, 0.5) is 11.4 Å². The van der Waals surface area contributed by atoms with E-state index in [0.717, 1.165) is 0 Å². The first kappa shape index (κ1) is 13.2. The molecule has 21 heavy (non-hydrogen) atoms. The topological polar surface area (TPSA) is 67.4 Å². The molecule has 1 heterocycles. The number of carbonyl (C=O) groups is 2. The average Bonchev–Trinajstić information content (AvgIpc) is 2.49. The van der Waals surface area contributed by atoms with Gasteiger partial charge in [0, 0.05) is 11.3 Å². The van der Waals surface area contributed by atoms with Gasteiger partial charge in [0.15, 0.2) is 6.10 Å². The van der Waals surface area contributed by atoms with Crippen molar-refractivity contribution >= 4 is 23.2 Å². The van der Waals surface area contributed by atoms with Crippen molar-refractivity contribution < 1.29 is 14.3 Å². The van der Waals surface area contributed by atoms with E-state index in [-0.39, 0.29) is 11.8 Å². The molecule has 0 spiro atoms. The van der Waals surface area contributed by atoms with Gasteiger partial charge < -0.3 is 15.4 Å². The van der Waals surface area contributed by atoms with E-state index in [9.17, 15) is 9.59 Å². The molecular formula is C16H14N2O3. The summed E-state index contributed by atoms with van der Waals surface area (Å²) < 4.78 is 5.46. The van der Waals surface area contributed by atoms with Crippen molar-refractivity contribution in [3.05, 3.63) is 54.1 Å². The number of carbonyl (C=O) groups excluding carboxylic acids is 2. The number of benzene rings is 2. The van der Waals surface area contributed by atoms with Gasteiger partial charge in [0.1, 0.15) is 5.75 Å². The van der Waals surface area contributed by atoms with Crippen molar-refractivity contribution in [1.82, 2.24) is 0 Å². The van der Waals surface area contributed by atoms with E-state index in [2.05, 4.69) is 10.6 Å². The summed E-state index contributed by atoms with van der Waals surface area (Å²) in [5, 5.41) is 5.54. The van der Waals surface area contributed by atoms with Crippen LogP contribution in [-0.4, -0.2) is 17.9 Å². The van der Waals surface area contributed by atoms with Gasteiger partial charge in [-0.05, 0) is 37.3 Å². The van der Waals surface area contributed by atoms with E-state index < -0.39 is 6.10 Å². The van der Waals surface area contributed by atoms with Gasteiger partial charge in [-0.2, -0.15) is 0 Å². The summed E-state index contributed by atoms with van der Waals surface area (Å²) in [4.78, 5) is 23.7. The predicted molar refractivity (Wildman–Crippen MR) is 79.6 cm³/mol. The molecule has 0 bridgehead atoms. The van der Waals surface area contributed by atoms with Crippen LogP contribution in [0, 0.1) is 0 Å². The minimum Gasteiger partial charge on any atom is -0.479 e. The first-order valence-corrected chi connectivity index (χ1v) is 6.61. The molecule has 0 radical (unpaired) electrons. The maximum absolute atomic E-state index is 12.1. The van der Waals surface area contributed by atoms with Crippen molar-refractivity contribution in [2.75, 3.05) is 10.6 Å². The fourth-order valence-corrected chi connectivity index (χ4v) is 2.08. The minimum absolute atomic E-state index is 0.200. The number of anilines is 2. The number of amides is 2. The Morgan fingerprint density at radius 1 is 1.19 bits per heavy atom. The van der Waals surface area contributed by atoms with E-state index in [1.165, 1.54) is 0 Å². The van der Waals surface area contributed by atoms with Crippen molar-refractivity contribution in [3.8, 4) is 5.75 Å². The highest BCUT2D eigenvalue weighted by molar-refractivity contribution is 6.05. The van der Waals surface area contributed by atoms with E-state index in [0.29, 0.717) is 22.7 Å². The van der Waals surface area contributed by atoms with Crippen molar-refractivity contribution in [2.24, 2.45) is 0 Å². The predicted octanol–water partition coefficient (Wildman–Crippen LogP) is 2.66. The van der Waals surface area contributed by atoms with Gasteiger partial charge in [0.05, 0.1) is 5.69 Å². The molecule has 106 valence electrons. The Morgan fingerprint density at radius 3 is 2.71 bits per heavy atom. The monoisotopic (exact) mass is 282 g/mol. The summed E-state index contributed by atoms with van der Waals surface area (Å²) in [7, 11) is 0. The van der Waals surface area contributed by atoms with Gasteiger partial charge in [-0.1, -0.05) is 18.2 Å². The summed E-state index contributed by atoms with van der Waals surface area (Å²) in [5.41, 5.74) is 1.73. The Hall–Kier alpha value is -2.82. The second-order valence-corrected chi connectivity index (χ2v) is 4.78. The Bertz CT molecular complexity index is 698. The van der Waals surface area contributed by atoms with Crippen molar-refractivity contribution in [2.45, 2.75) is 13.0 Å². The molecule has 1 atom stereocenters. The second-order valence-electron chi connectivity index (χ2n) is 4.78. The standard InChI is InChI=1S/C16H14N2O3/c1-10-15(19)18-13-9-12(7-8-14(13)21-10)17-16(20)11-5-3-2-4-6-11/h2-10H,1H3,(H,17,20)(H,18,19)/t10-/m1/s1. The summed E-state index contributed by atoms with van der Waals surface area (Å²) in [6, 6.07) is 14.1. The fourth-order valence-electron chi connectivity index (χ4n) is 2.08. The Balaban J connectivity index is 1.80. The zero-order chi connectivity index (χ0) is 14.8. The van der Waals surface area contributed by atoms with Crippen LogP contribution >= 0.6 is 0 Å². The zero-order valence-electron chi connectivity index (χ0n) is 11.4. The largest absolute Gasteiger partial charge is 0.479 e. The third-order valence-corrected chi connectivity index (χ3v) is 3.20. The lowest BCUT2D eigenvalue weighted by Gasteiger charge is -2.23. The van der Waals surface area contributed by atoms with Crippen LogP contribution in [0.5, 0.6) is 5.75 Å². The molecular weight excluding hydrogens is 268 g/mol. The summed E-state index contributed by atoms with van der Waals surface area (Å²) >= 11 is 0. The normalized spacial score (nSPS) is 16.4. The first-order chi connectivity index (χ1) is 10.1. The highest BCUT2D eigenvalue weighted by Gasteiger charge is 2.23. The molecule has 0 saturated heterocycles. The lowest BCUT2D eigenvalue weighted by atomic mass is 10.2. The fraction of sp³-hybridized carbons (Fsp3) is 0.125. The maximum Gasteiger partial charge on any atom is 0.265 e. The molecule has 0 unspecified atom stereocenters. The smallest absolute Gasteiger partial charge is 0.265 e. The number of fused-ring (bicyclic) bond motifs is 1. The minimum atomic E-state index is -0.512. The van der Waals surface area contributed by atoms with E-state index in [1.54, 1.807) is 49.4 Å². The third kappa shape index (κ3) is 2.72. The quantitative estimate of drug-likeness (QED) is 0.889.